The number of aromatic nitrogens is 2. The molecule has 3 rings (SSSR count). The molecule has 1 amide bonds. The Morgan fingerprint density at radius 1 is 1.14 bits per heavy atom. The molecule has 0 aliphatic heterocycles. The van der Waals surface area contributed by atoms with Crippen molar-refractivity contribution in [3.63, 3.8) is 0 Å². The number of hydrogen-bond donors (Lipinski definition) is 1. The highest BCUT2D eigenvalue weighted by atomic mass is 16.5. The minimum absolute atomic E-state index is 0.0562. The van der Waals surface area contributed by atoms with Crippen molar-refractivity contribution < 1.29 is 9.53 Å². The summed E-state index contributed by atoms with van der Waals surface area (Å²) in [5.41, 5.74) is 4.36. The van der Waals surface area contributed by atoms with E-state index >= 15 is 0 Å². The van der Waals surface area contributed by atoms with E-state index in [-0.39, 0.29) is 11.8 Å². The first kappa shape index (κ1) is 20.9. The van der Waals surface area contributed by atoms with E-state index in [1.54, 1.807) is 0 Å². The van der Waals surface area contributed by atoms with Gasteiger partial charge in [0.1, 0.15) is 18.2 Å². The van der Waals surface area contributed by atoms with Crippen molar-refractivity contribution in [3.05, 3.63) is 59.4 Å². The number of amides is 1. The van der Waals surface area contributed by atoms with E-state index in [1.165, 1.54) is 5.56 Å². The van der Waals surface area contributed by atoms with Gasteiger partial charge in [0.25, 0.3) is 0 Å². The smallest absolute Gasteiger partial charge is 0.223 e. The van der Waals surface area contributed by atoms with Gasteiger partial charge < -0.3 is 14.6 Å². The largest absolute Gasteiger partial charge is 0.491 e. The number of aryl methyl sites for hydroxylation is 2. The van der Waals surface area contributed by atoms with Crippen molar-refractivity contribution in [2.24, 2.45) is 5.92 Å². The van der Waals surface area contributed by atoms with Crippen molar-refractivity contribution in [2.75, 3.05) is 6.61 Å². The van der Waals surface area contributed by atoms with Crippen molar-refractivity contribution >= 4 is 16.9 Å². The maximum absolute atomic E-state index is 12.4. The van der Waals surface area contributed by atoms with Crippen LogP contribution in [0.1, 0.15) is 43.6 Å². The number of para-hydroxylation sites is 2. The highest BCUT2D eigenvalue weighted by Gasteiger charge is 2.16. The molecule has 1 N–H and O–H groups in total. The van der Waals surface area contributed by atoms with Gasteiger partial charge in [-0.2, -0.15) is 0 Å². The molecule has 5 nitrogen and oxygen atoms in total. The molecule has 0 bridgehead atoms. The normalized spacial score (nSPS) is 11.2. The number of nitrogens with one attached hydrogen (secondary N) is 1. The van der Waals surface area contributed by atoms with Crippen LogP contribution in [0.4, 0.5) is 0 Å². The van der Waals surface area contributed by atoms with Crippen LogP contribution in [0, 0.1) is 19.8 Å². The molecule has 0 spiro atoms. The number of carbonyl (C=O) groups is 1. The van der Waals surface area contributed by atoms with Crippen LogP contribution in [0.25, 0.3) is 11.0 Å². The Labute approximate surface area is 173 Å². The molecule has 0 unspecified atom stereocenters. The van der Waals surface area contributed by atoms with E-state index in [9.17, 15) is 4.79 Å². The van der Waals surface area contributed by atoms with Crippen LogP contribution in [0.5, 0.6) is 5.75 Å². The fourth-order valence-corrected chi connectivity index (χ4v) is 3.69. The molecular formula is C24H31N3O2. The molecular weight excluding hydrogens is 362 g/mol. The summed E-state index contributed by atoms with van der Waals surface area (Å²) in [5, 5.41) is 3.06. The van der Waals surface area contributed by atoms with E-state index in [2.05, 4.69) is 41.9 Å². The summed E-state index contributed by atoms with van der Waals surface area (Å²) in [7, 11) is 0. The average molecular weight is 394 g/mol. The highest BCUT2D eigenvalue weighted by Crippen LogP contribution is 2.20. The van der Waals surface area contributed by atoms with Gasteiger partial charge in [0, 0.05) is 5.92 Å². The van der Waals surface area contributed by atoms with Crippen LogP contribution in [-0.4, -0.2) is 22.1 Å². The summed E-state index contributed by atoms with van der Waals surface area (Å²) < 4.78 is 8.18. The Balaban J connectivity index is 1.73. The molecule has 5 heteroatoms. The summed E-state index contributed by atoms with van der Waals surface area (Å²) >= 11 is 0. The predicted molar refractivity (Wildman–Crippen MR) is 117 cm³/mol. The zero-order valence-corrected chi connectivity index (χ0v) is 17.9. The summed E-state index contributed by atoms with van der Waals surface area (Å²) in [4.78, 5) is 17.1. The Kier molecular flexibility index (Phi) is 6.91. The minimum Gasteiger partial charge on any atom is -0.491 e. The van der Waals surface area contributed by atoms with Gasteiger partial charge in [0.05, 0.1) is 24.1 Å². The molecule has 29 heavy (non-hydrogen) atoms. The van der Waals surface area contributed by atoms with Crippen LogP contribution in [0.3, 0.4) is 0 Å². The van der Waals surface area contributed by atoms with Gasteiger partial charge in [-0.1, -0.05) is 43.7 Å². The summed E-state index contributed by atoms with van der Waals surface area (Å²) in [6, 6.07) is 14.3. The maximum atomic E-state index is 12.4. The molecule has 0 saturated carbocycles. The lowest BCUT2D eigenvalue weighted by molar-refractivity contribution is -0.125. The minimum atomic E-state index is 0.0562. The number of ether oxygens (including phenoxy) is 1. The van der Waals surface area contributed by atoms with Crippen molar-refractivity contribution in [1.82, 2.24) is 14.9 Å². The zero-order valence-electron chi connectivity index (χ0n) is 17.9. The van der Waals surface area contributed by atoms with Crippen molar-refractivity contribution in [1.29, 1.82) is 0 Å². The van der Waals surface area contributed by atoms with Crippen molar-refractivity contribution in [2.45, 2.75) is 53.6 Å². The molecule has 0 saturated heterocycles. The molecule has 154 valence electrons. The standard InChI is InChI=1S/C24H31N3O2/c1-5-19(6-2)24(28)25-16-23-26-20-9-7-8-10-21(20)27(23)13-14-29-22-12-11-17(3)15-18(22)4/h7-12,15,19H,5-6,13-14,16H2,1-4H3,(H,25,28). The van der Waals surface area contributed by atoms with E-state index in [0.29, 0.717) is 19.7 Å². The number of benzene rings is 2. The maximum Gasteiger partial charge on any atom is 0.223 e. The Morgan fingerprint density at radius 3 is 2.62 bits per heavy atom. The third-order valence-electron chi connectivity index (χ3n) is 5.41. The third kappa shape index (κ3) is 4.97. The number of rotatable bonds is 9. The van der Waals surface area contributed by atoms with Crippen molar-refractivity contribution in [3.8, 4) is 5.75 Å². The van der Waals surface area contributed by atoms with Gasteiger partial charge in [-0.25, -0.2) is 4.98 Å². The number of carbonyl (C=O) groups excluding carboxylic acids is 1. The first-order chi connectivity index (χ1) is 14.0. The van der Waals surface area contributed by atoms with Gasteiger partial charge in [-0.15, -0.1) is 0 Å². The molecule has 3 aromatic rings. The van der Waals surface area contributed by atoms with E-state index in [4.69, 9.17) is 9.72 Å². The zero-order chi connectivity index (χ0) is 20.8. The first-order valence-electron chi connectivity index (χ1n) is 10.4. The van der Waals surface area contributed by atoms with E-state index in [0.717, 1.165) is 41.0 Å². The number of hydrogen-bond acceptors (Lipinski definition) is 3. The van der Waals surface area contributed by atoms with Crippen LogP contribution in [0.15, 0.2) is 42.5 Å². The molecule has 0 fully saturated rings. The Hall–Kier alpha value is -2.82. The van der Waals surface area contributed by atoms with Gasteiger partial charge in [-0.05, 0) is 50.5 Å². The SMILES string of the molecule is CCC(CC)C(=O)NCc1nc2ccccc2n1CCOc1ccc(C)cc1C. The summed E-state index contributed by atoms with van der Waals surface area (Å²) in [6.07, 6.45) is 1.70. The number of imidazole rings is 1. The van der Waals surface area contributed by atoms with Gasteiger partial charge in [0.15, 0.2) is 0 Å². The van der Waals surface area contributed by atoms with E-state index < -0.39 is 0 Å². The molecule has 2 aromatic carbocycles. The number of fused-ring (bicyclic) bond motifs is 1. The quantitative estimate of drug-likeness (QED) is 0.569. The Morgan fingerprint density at radius 2 is 1.90 bits per heavy atom. The first-order valence-corrected chi connectivity index (χ1v) is 10.4. The molecule has 1 aromatic heterocycles. The fourth-order valence-electron chi connectivity index (χ4n) is 3.69. The highest BCUT2D eigenvalue weighted by molar-refractivity contribution is 5.79. The van der Waals surface area contributed by atoms with Gasteiger partial charge >= 0.3 is 0 Å². The summed E-state index contributed by atoms with van der Waals surface area (Å²) in [5.74, 6) is 1.92. The fraction of sp³-hybridized carbons (Fsp3) is 0.417. The predicted octanol–water partition coefficient (Wildman–Crippen LogP) is 4.78. The topological polar surface area (TPSA) is 56.2 Å². The Bertz CT molecular complexity index is 973. The van der Waals surface area contributed by atoms with E-state index in [1.807, 2.05) is 38.1 Å². The lowest BCUT2D eigenvalue weighted by atomic mass is 10.0. The van der Waals surface area contributed by atoms with Gasteiger partial charge in [-0.3, -0.25) is 4.79 Å². The second kappa shape index (κ2) is 9.59. The molecule has 0 atom stereocenters. The summed E-state index contributed by atoms with van der Waals surface area (Å²) in [6.45, 7) is 9.88. The van der Waals surface area contributed by atoms with Gasteiger partial charge in [0.2, 0.25) is 5.91 Å². The third-order valence-corrected chi connectivity index (χ3v) is 5.41. The van der Waals surface area contributed by atoms with Crippen LogP contribution in [-0.2, 0) is 17.9 Å². The lowest BCUT2D eigenvalue weighted by Gasteiger charge is -2.15. The second-order valence-corrected chi connectivity index (χ2v) is 7.52. The second-order valence-electron chi connectivity index (χ2n) is 7.52. The molecule has 0 radical (unpaired) electrons. The van der Waals surface area contributed by atoms with Crippen LogP contribution < -0.4 is 10.1 Å². The van der Waals surface area contributed by atoms with Crippen LogP contribution in [0.2, 0.25) is 0 Å². The lowest BCUT2D eigenvalue weighted by Crippen LogP contribution is -2.31. The number of nitrogens with zero attached hydrogens (tertiary/aromatic N) is 2. The molecule has 0 aliphatic rings. The van der Waals surface area contributed by atoms with Crippen LogP contribution >= 0.6 is 0 Å². The molecule has 1 heterocycles. The monoisotopic (exact) mass is 393 g/mol. The average Bonchev–Trinajstić information content (AvgIpc) is 3.06. The molecule has 0 aliphatic carbocycles.